The van der Waals surface area contributed by atoms with Gasteiger partial charge in [-0.15, -0.1) is 0 Å². The van der Waals surface area contributed by atoms with Gasteiger partial charge in [0, 0.05) is 6.04 Å². The smallest absolute Gasteiger partial charge is 0.228 e. The maximum absolute atomic E-state index is 11.4. The summed E-state index contributed by atoms with van der Waals surface area (Å²) in [7, 11) is -3.64. The highest BCUT2D eigenvalue weighted by molar-refractivity contribution is 7.90. The highest BCUT2D eigenvalue weighted by Gasteiger charge is 2.25. The number of nitrogens with zero attached hydrogens (tertiary/aromatic N) is 1. The van der Waals surface area contributed by atoms with Crippen molar-refractivity contribution in [2.45, 2.75) is 32.1 Å². The normalized spacial score (nSPS) is 16.3. The van der Waals surface area contributed by atoms with Gasteiger partial charge >= 0.3 is 0 Å². The molecule has 0 amide bonds. The van der Waals surface area contributed by atoms with Crippen molar-refractivity contribution in [3.8, 4) is 6.07 Å². The van der Waals surface area contributed by atoms with Crippen LogP contribution in [0.4, 0.5) is 0 Å². The number of nitrogens with one attached hydrogen (secondary N) is 1. The summed E-state index contributed by atoms with van der Waals surface area (Å²) < 4.78 is 25.1. The van der Waals surface area contributed by atoms with Crippen LogP contribution in [0.25, 0.3) is 0 Å². The third kappa shape index (κ3) is 3.62. The summed E-state index contributed by atoms with van der Waals surface area (Å²) in [4.78, 5) is 0. The fourth-order valence-corrected chi connectivity index (χ4v) is 1.88. The molecule has 1 unspecified atom stereocenters. The standard InChI is InChI=1S/C8H16N2O3S/c1-6(2)8(5-11)10-14(12,13)7(3)4-9/h6-8,10-11H,5H2,1-3H3/t7?,8-/m1/s1. The molecule has 0 aliphatic rings. The van der Waals surface area contributed by atoms with E-state index in [1.165, 1.54) is 6.92 Å². The van der Waals surface area contributed by atoms with Crippen LogP contribution in [-0.2, 0) is 10.0 Å². The molecule has 0 fully saturated rings. The summed E-state index contributed by atoms with van der Waals surface area (Å²) in [6, 6.07) is 1.11. The largest absolute Gasteiger partial charge is 0.395 e. The molecule has 0 spiro atoms. The van der Waals surface area contributed by atoms with Crippen LogP contribution in [-0.4, -0.2) is 31.4 Å². The van der Waals surface area contributed by atoms with Crippen molar-refractivity contribution >= 4 is 10.0 Å². The Balaban J connectivity index is 4.59. The lowest BCUT2D eigenvalue weighted by molar-refractivity contribution is 0.227. The average molecular weight is 220 g/mol. The fourth-order valence-electron chi connectivity index (χ4n) is 0.767. The number of hydrogen-bond donors (Lipinski definition) is 2. The molecule has 6 heteroatoms. The summed E-state index contributed by atoms with van der Waals surface area (Å²) in [5.74, 6) is -0.0133. The lowest BCUT2D eigenvalue weighted by Gasteiger charge is -2.20. The molecular formula is C8H16N2O3S. The molecular weight excluding hydrogens is 204 g/mol. The first-order valence-electron chi connectivity index (χ1n) is 4.36. The van der Waals surface area contributed by atoms with E-state index in [4.69, 9.17) is 10.4 Å². The SMILES string of the molecule is CC(C)[C@@H](CO)NS(=O)(=O)C(C)C#N. The lowest BCUT2D eigenvalue weighted by atomic mass is 10.1. The van der Waals surface area contributed by atoms with Crippen LogP contribution in [0.3, 0.4) is 0 Å². The molecule has 5 nitrogen and oxygen atoms in total. The van der Waals surface area contributed by atoms with E-state index >= 15 is 0 Å². The monoisotopic (exact) mass is 220 g/mol. The van der Waals surface area contributed by atoms with E-state index in [9.17, 15) is 8.42 Å². The Bertz CT molecular complexity index is 305. The molecule has 0 heterocycles. The molecule has 82 valence electrons. The van der Waals surface area contributed by atoms with Crippen molar-refractivity contribution in [1.29, 1.82) is 5.26 Å². The van der Waals surface area contributed by atoms with Gasteiger partial charge in [0.25, 0.3) is 0 Å². The van der Waals surface area contributed by atoms with Crippen molar-refractivity contribution in [2.24, 2.45) is 5.92 Å². The molecule has 0 bridgehead atoms. The number of rotatable bonds is 5. The Morgan fingerprint density at radius 3 is 2.21 bits per heavy atom. The van der Waals surface area contributed by atoms with Crippen molar-refractivity contribution in [3.63, 3.8) is 0 Å². The minimum absolute atomic E-state index is 0.0133. The molecule has 2 atom stereocenters. The van der Waals surface area contributed by atoms with Crippen LogP contribution < -0.4 is 4.72 Å². The quantitative estimate of drug-likeness (QED) is 0.673. The summed E-state index contributed by atoms with van der Waals surface area (Å²) >= 11 is 0. The Morgan fingerprint density at radius 1 is 1.43 bits per heavy atom. The van der Waals surface area contributed by atoms with Gasteiger partial charge in [-0.1, -0.05) is 13.8 Å². The number of nitriles is 1. The van der Waals surface area contributed by atoms with E-state index in [1.54, 1.807) is 19.9 Å². The second-order valence-corrected chi connectivity index (χ2v) is 5.50. The van der Waals surface area contributed by atoms with Crippen LogP contribution in [0.1, 0.15) is 20.8 Å². The van der Waals surface area contributed by atoms with Crippen LogP contribution in [0, 0.1) is 17.2 Å². The highest BCUT2D eigenvalue weighted by atomic mass is 32.2. The molecule has 0 aliphatic heterocycles. The van der Waals surface area contributed by atoms with Gasteiger partial charge in [0.1, 0.15) is 0 Å². The molecule has 0 aliphatic carbocycles. The minimum atomic E-state index is -3.64. The molecule has 0 aromatic rings. The van der Waals surface area contributed by atoms with Crippen LogP contribution in [0.2, 0.25) is 0 Å². The fraction of sp³-hybridized carbons (Fsp3) is 0.875. The predicted molar refractivity (Wildman–Crippen MR) is 52.8 cm³/mol. The highest BCUT2D eigenvalue weighted by Crippen LogP contribution is 2.05. The van der Waals surface area contributed by atoms with Gasteiger partial charge in [-0.05, 0) is 12.8 Å². The van der Waals surface area contributed by atoms with Gasteiger partial charge in [-0.2, -0.15) is 5.26 Å². The Hall–Kier alpha value is -0.640. The molecule has 0 aromatic carbocycles. The van der Waals surface area contributed by atoms with Gasteiger partial charge in [-0.3, -0.25) is 0 Å². The zero-order valence-electron chi connectivity index (χ0n) is 8.56. The van der Waals surface area contributed by atoms with Gasteiger partial charge in [0.15, 0.2) is 5.25 Å². The van der Waals surface area contributed by atoms with Gasteiger partial charge in [0.05, 0.1) is 12.7 Å². The van der Waals surface area contributed by atoms with Crippen molar-refractivity contribution in [3.05, 3.63) is 0 Å². The molecule has 0 radical (unpaired) electrons. The lowest BCUT2D eigenvalue weighted by Crippen LogP contribution is -2.44. The van der Waals surface area contributed by atoms with Gasteiger partial charge in [0.2, 0.25) is 10.0 Å². The van der Waals surface area contributed by atoms with E-state index in [1.807, 2.05) is 0 Å². The van der Waals surface area contributed by atoms with E-state index in [-0.39, 0.29) is 12.5 Å². The van der Waals surface area contributed by atoms with E-state index < -0.39 is 21.3 Å². The van der Waals surface area contributed by atoms with Crippen molar-refractivity contribution in [1.82, 2.24) is 4.72 Å². The molecule has 0 saturated carbocycles. The second kappa shape index (κ2) is 5.29. The molecule has 0 saturated heterocycles. The Morgan fingerprint density at radius 2 is 1.93 bits per heavy atom. The number of sulfonamides is 1. The van der Waals surface area contributed by atoms with Crippen LogP contribution in [0.5, 0.6) is 0 Å². The summed E-state index contributed by atoms with van der Waals surface area (Å²) in [6.45, 7) is 4.62. The molecule has 0 rings (SSSR count). The first-order valence-corrected chi connectivity index (χ1v) is 5.91. The van der Waals surface area contributed by atoms with E-state index in [2.05, 4.69) is 4.72 Å². The Labute approximate surface area is 84.8 Å². The van der Waals surface area contributed by atoms with Crippen LogP contribution >= 0.6 is 0 Å². The second-order valence-electron chi connectivity index (χ2n) is 3.47. The van der Waals surface area contributed by atoms with Gasteiger partial charge < -0.3 is 5.11 Å². The zero-order valence-corrected chi connectivity index (χ0v) is 9.37. The summed E-state index contributed by atoms with van der Waals surface area (Å²) in [5.41, 5.74) is 0. The van der Waals surface area contributed by atoms with Crippen molar-refractivity contribution < 1.29 is 13.5 Å². The van der Waals surface area contributed by atoms with Crippen molar-refractivity contribution in [2.75, 3.05) is 6.61 Å². The minimum Gasteiger partial charge on any atom is -0.395 e. The third-order valence-electron chi connectivity index (χ3n) is 1.96. The average Bonchev–Trinajstić information content (AvgIpc) is 2.12. The molecule has 2 N–H and O–H groups in total. The van der Waals surface area contributed by atoms with E-state index in [0.29, 0.717) is 0 Å². The van der Waals surface area contributed by atoms with Crippen LogP contribution in [0.15, 0.2) is 0 Å². The molecule has 0 aromatic heterocycles. The third-order valence-corrected chi connectivity index (χ3v) is 3.63. The maximum atomic E-state index is 11.4. The summed E-state index contributed by atoms with van der Waals surface area (Å²) in [5, 5.41) is 16.3. The topological polar surface area (TPSA) is 90.2 Å². The number of aliphatic hydroxyl groups is 1. The van der Waals surface area contributed by atoms with Gasteiger partial charge in [-0.25, -0.2) is 13.1 Å². The van der Waals surface area contributed by atoms with E-state index in [0.717, 1.165) is 0 Å². The number of hydrogen-bond acceptors (Lipinski definition) is 4. The number of aliphatic hydroxyl groups excluding tert-OH is 1. The Kier molecular flexibility index (Phi) is 5.05. The summed E-state index contributed by atoms with van der Waals surface area (Å²) in [6.07, 6.45) is 0. The molecule has 14 heavy (non-hydrogen) atoms. The maximum Gasteiger partial charge on any atom is 0.228 e. The first-order chi connectivity index (χ1) is 6.35. The predicted octanol–water partition coefficient (Wildman–Crippen LogP) is -0.165. The first kappa shape index (κ1) is 13.4. The zero-order chi connectivity index (χ0) is 11.4.